The van der Waals surface area contributed by atoms with Crippen molar-refractivity contribution in [3.8, 4) is 11.6 Å². The van der Waals surface area contributed by atoms with Crippen LogP contribution >= 0.6 is 0 Å². The second-order valence-corrected chi connectivity index (χ2v) is 6.01. The summed E-state index contributed by atoms with van der Waals surface area (Å²) in [6.07, 6.45) is 2.86. The number of pyridine rings is 1. The van der Waals surface area contributed by atoms with Gasteiger partial charge < -0.3 is 10.1 Å². The van der Waals surface area contributed by atoms with E-state index in [0.29, 0.717) is 17.0 Å². The molecular formula is C20H15N5O3. The van der Waals surface area contributed by atoms with Gasteiger partial charge in [-0.3, -0.25) is 15.1 Å². The lowest BCUT2D eigenvalue weighted by atomic mass is 10.2. The van der Waals surface area contributed by atoms with Crippen molar-refractivity contribution in [2.24, 2.45) is 0 Å². The van der Waals surface area contributed by atoms with Gasteiger partial charge >= 0.3 is 11.6 Å². The molecule has 0 saturated heterocycles. The monoisotopic (exact) mass is 373 g/mol. The number of hydrogen-bond donors (Lipinski definition) is 1. The molecule has 8 heteroatoms. The highest BCUT2D eigenvalue weighted by atomic mass is 16.6. The maximum Gasteiger partial charge on any atom is 0.373 e. The molecule has 0 atom stereocenters. The highest BCUT2D eigenvalue weighted by Crippen LogP contribution is 2.37. The largest absolute Gasteiger partial charge is 0.431 e. The number of ether oxygens (including phenoxy) is 1. The third-order valence-electron chi connectivity index (χ3n) is 4.17. The third kappa shape index (κ3) is 3.30. The highest BCUT2D eigenvalue weighted by molar-refractivity contribution is 5.84. The van der Waals surface area contributed by atoms with Gasteiger partial charge in [0.1, 0.15) is 11.8 Å². The van der Waals surface area contributed by atoms with Crippen molar-refractivity contribution in [2.45, 2.75) is 6.92 Å². The van der Waals surface area contributed by atoms with Crippen molar-refractivity contribution in [1.29, 1.82) is 0 Å². The Hall–Kier alpha value is -4.07. The summed E-state index contributed by atoms with van der Waals surface area (Å²) in [7, 11) is 0. The molecule has 8 nitrogen and oxygen atoms in total. The van der Waals surface area contributed by atoms with Crippen molar-refractivity contribution in [3.63, 3.8) is 0 Å². The van der Waals surface area contributed by atoms with E-state index in [1.54, 1.807) is 18.3 Å². The second-order valence-electron chi connectivity index (χ2n) is 6.01. The first-order chi connectivity index (χ1) is 13.6. The molecule has 0 aliphatic heterocycles. The van der Waals surface area contributed by atoms with Gasteiger partial charge in [-0.2, -0.15) is 4.98 Å². The van der Waals surface area contributed by atoms with Crippen molar-refractivity contribution in [1.82, 2.24) is 15.0 Å². The number of nitrogens with zero attached hydrogens (tertiary/aromatic N) is 4. The van der Waals surface area contributed by atoms with Gasteiger partial charge in [-0.25, -0.2) is 4.98 Å². The number of nitrogens with one attached hydrogen (secondary N) is 1. The molecule has 0 radical (unpaired) electrons. The minimum atomic E-state index is -0.561. The van der Waals surface area contributed by atoms with Gasteiger partial charge in [0.25, 0.3) is 0 Å². The van der Waals surface area contributed by atoms with Crippen molar-refractivity contribution in [2.75, 3.05) is 5.32 Å². The Morgan fingerprint density at radius 2 is 1.82 bits per heavy atom. The van der Waals surface area contributed by atoms with Gasteiger partial charge in [-0.15, -0.1) is 0 Å². The standard InChI is InChI=1S/C20H15N5O3/c1-13-6-2-3-9-15(13)24-19-18(25(26)27)20(23-12-22-19)28-16-10-4-7-14-8-5-11-21-17(14)16/h2-12H,1H3,(H,22,23,24). The summed E-state index contributed by atoms with van der Waals surface area (Å²) in [5, 5.41) is 15.6. The maximum absolute atomic E-state index is 11.8. The van der Waals surface area contributed by atoms with Crippen LogP contribution < -0.4 is 10.1 Å². The van der Waals surface area contributed by atoms with E-state index < -0.39 is 4.92 Å². The molecule has 1 N–H and O–H groups in total. The molecule has 0 aliphatic rings. The fourth-order valence-corrected chi connectivity index (χ4v) is 2.80. The topological polar surface area (TPSA) is 103 Å². The number of hydrogen-bond acceptors (Lipinski definition) is 7. The Bertz CT molecular complexity index is 1170. The first-order valence-corrected chi connectivity index (χ1v) is 8.47. The number of rotatable bonds is 5. The summed E-state index contributed by atoms with van der Waals surface area (Å²) in [5.41, 5.74) is 1.88. The van der Waals surface area contributed by atoms with E-state index in [2.05, 4.69) is 20.3 Å². The summed E-state index contributed by atoms with van der Waals surface area (Å²) in [6, 6.07) is 16.5. The summed E-state index contributed by atoms with van der Waals surface area (Å²) in [5.74, 6) is 0.272. The predicted octanol–water partition coefficient (Wildman–Crippen LogP) is 4.78. The van der Waals surface area contributed by atoms with Crippen molar-refractivity contribution >= 4 is 28.1 Å². The van der Waals surface area contributed by atoms with Gasteiger partial charge in [0, 0.05) is 17.3 Å². The smallest absolute Gasteiger partial charge is 0.373 e. The molecule has 0 fully saturated rings. The highest BCUT2D eigenvalue weighted by Gasteiger charge is 2.26. The van der Waals surface area contributed by atoms with Crippen LogP contribution in [0.2, 0.25) is 0 Å². The maximum atomic E-state index is 11.8. The SMILES string of the molecule is Cc1ccccc1Nc1ncnc(Oc2cccc3cccnc23)c1[N+](=O)[O-]. The zero-order valence-corrected chi connectivity index (χ0v) is 14.9. The molecule has 2 heterocycles. The van der Waals surface area contributed by atoms with E-state index in [1.165, 1.54) is 6.33 Å². The van der Waals surface area contributed by atoms with E-state index >= 15 is 0 Å². The number of para-hydroxylation sites is 2. The van der Waals surface area contributed by atoms with Crippen LogP contribution in [0.1, 0.15) is 5.56 Å². The lowest BCUT2D eigenvalue weighted by Crippen LogP contribution is -2.04. The molecule has 28 heavy (non-hydrogen) atoms. The van der Waals surface area contributed by atoms with E-state index in [0.717, 1.165) is 10.9 Å². The first kappa shape index (κ1) is 17.3. The van der Waals surface area contributed by atoms with Crippen LogP contribution in [0.25, 0.3) is 10.9 Å². The van der Waals surface area contributed by atoms with Crippen LogP contribution in [0.4, 0.5) is 17.2 Å². The lowest BCUT2D eigenvalue weighted by molar-refractivity contribution is -0.385. The number of nitro groups is 1. The Labute approximate surface area is 160 Å². The molecule has 4 rings (SSSR count). The zero-order chi connectivity index (χ0) is 19.5. The molecule has 0 aliphatic carbocycles. The molecule has 0 spiro atoms. The molecule has 0 saturated carbocycles. The lowest BCUT2D eigenvalue weighted by Gasteiger charge is -2.11. The predicted molar refractivity (Wildman–Crippen MR) is 105 cm³/mol. The van der Waals surface area contributed by atoms with E-state index in [1.807, 2.05) is 49.4 Å². The van der Waals surface area contributed by atoms with E-state index in [4.69, 9.17) is 4.74 Å². The van der Waals surface area contributed by atoms with Crippen LogP contribution in [0.3, 0.4) is 0 Å². The second kappa shape index (κ2) is 7.28. The Kier molecular flexibility index (Phi) is 4.51. The van der Waals surface area contributed by atoms with Crippen LogP contribution in [0.5, 0.6) is 11.6 Å². The van der Waals surface area contributed by atoms with Crippen LogP contribution in [-0.4, -0.2) is 19.9 Å². The summed E-state index contributed by atoms with van der Waals surface area (Å²) >= 11 is 0. The average Bonchev–Trinajstić information content (AvgIpc) is 2.70. The minimum absolute atomic E-state index is 0.0532. The molecule has 2 aromatic carbocycles. The Balaban J connectivity index is 1.77. The summed E-state index contributed by atoms with van der Waals surface area (Å²) in [6.45, 7) is 1.90. The van der Waals surface area contributed by atoms with E-state index in [9.17, 15) is 10.1 Å². The quantitative estimate of drug-likeness (QED) is 0.397. The molecule has 0 bridgehead atoms. The molecular weight excluding hydrogens is 358 g/mol. The fourth-order valence-electron chi connectivity index (χ4n) is 2.80. The fraction of sp³-hybridized carbons (Fsp3) is 0.0500. The van der Waals surface area contributed by atoms with E-state index in [-0.39, 0.29) is 17.4 Å². The Morgan fingerprint density at radius 3 is 2.64 bits per heavy atom. The van der Waals surface area contributed by atoms with Crippen molar-refractivity contribution in [3.05, 3.63) is 82.8 Å². The molecule has 0 amide bonds. The van der Waals surface area contributed by atoms with Gasteiger partial charge in [0.15, 0.2) is 5.75 Å². The number of aromatic nitrogens is 3. The van der Waals surface area contributed by atoms with Crippen molar-refractivity contribution < 1.29 is 9.66 Å². The molecule has 0 unspecified atom stereocenters. The zero-order valence-electron chi connectivity index (χ0n) is 14.9. The van der Waals surface area contributed by atoms with Gasteiger partial charge in [0.2, 0.25) is 5.82 Å². The Morgan fingerprint density at radius 1 is 1.00 bits per heavy atom. The van der Waals surface area contributed by atoms with Gasteiger partial charge in [-0.1, -0.05) is 36.4 Å². The number of aryl methyl sites for hydroxylation is 1. The molecule has 2 aromatic heterocycles. The van der Waals surface area contributed by atoms with Gasteiger partial charge in [-0.05, 0) is 30.7 Å². The first-order valence-electron chi connectivity index (χ1n) is 8.47. The average molecular weight is 373 g/mol. The number of benzene rings is 2. The van der Waals surface area contributed by atoms with Crippen LogP contribution in [0.15, 0.2) is 67.1 Å². The van der Waals surface area contributed by atoms with Crippen LogP contribution in [0, 0.1) is 17.0 Å². The minimum Gasteiger partial charge on any atom is -0.431 e. The number of fused-ring (bicyclic) bond motifs is 1. The van der Waals surface area contributed by atoms with Crippen LogP contribution in [-0.2, 0) is 0 Å². The molecule has 138 valence electrons. The molecule has 4 aromatic rings. The normalized spacial score (nSPS) is 10.6. The number of anilines is 2. The summed E-state index contributed by atoms with van der Waals surface area (Å²) < 4.78 is 5.80. The van der Waals surface area contributed by atoms with Gasteiger partial charge in [0.05, 0.1) is 4.92 Å². The third-order valence-corrected chi connectivity index (χ3v) is 4.17. The summed E-state index contributed by atoms with van der Waals surface area (Å²) in [4.78, 5) is 23.5.